The Balaban J connectivity index is 2.28. The van der Waals surface area contributed by atoms with Crippen molar-refractivity contribution in [3.8, 4) is 0 Å². The molecule has 110 valence electrons. The molecule has 0 bridgehead atoms. The highest BCUT2D eigenvalue weighted by Crippen LogP contribution is 2.30. The van der Waals surface area contributed by atoms with E-state index in [9.17, 15) is 13.2 Å². The van der Waals surface area contributed by atoms with Crippen molar-refractivity contribution in [2.45, 2.75) is 43.1 Å². The molecule has 1 aromatic rings. The van der Waals surface area contributed by atoms with Crippen LogP contribution in [-0.2, 0) is 9.84 Å². The smallest absolute Gasteiger partial charge is 0.182 e. The molecule has 0 spiro atoms. The Morgan fingerprint density at radius 3 is 2.40 bits per heavy atom. The van der Waals surface area contributed by atoms with Gasteiger partial charge in [0, 0.05) is 10.6 Å². The molecule has 20 heavy (non-hydrogen) atoms. The third-order valence-electron chi connectivity index (χ3n) is 3.83. The van der Waals surface area contributed by atoms with E-state index in [1.165, 1.54) is 25.1 Å². The topological polar surface area (TPSA) is 51.2 Å². The number of carbonyl (C=O) groups is 1. The summed E-state index contributed by atoms with van der Waals surface area (Å²) in [5.74, 6) is -0.460. The summed E-state index contributed by atoms with van der Waals surface area (Å²) in [5.41, 5.74) is 0.213. The van der Waals surface area contributed by atoms with Gasteiger partial charge < -0.3 is 0 Å². The molecule has 1 atom stereocenters. The molecule has 0 N–H and O–H groups in total. The van der Waals surface area contributed by atoms with Crippen LogP contribution in [0.3, 0.4) is 0 Å². The fraction of sp³-hybridized carbons (Fsp3) is 0.500. The molecule has 0 aliphatic heterocycles. The first-order valence-corrected chi connectivity index (χ1v) is 8.92. The van der Waals surface area contributed by atoms with Gasteiger partial charge in [-0.15, -0.1) is 0 Å². The van der Waals surface area contributed by atoms with Gasteiger partial charge in [-0.05, 0) is 38.0 Å². The molecule has 1 unspecified atom stereocenters. The summed E-state index contributed by atoms with van der Waals surface area (Å²) >= 11 is 11.8. The van der Waals surface area contributed by atoms with E-state index in [0.717, 1.165) is 12.8 Å². The first-order valence-electron chi connectivity index (χ1n) is 6.56. The Labute approximate surface area is 129 Å². The molecule has 1 saturated carbocycles. The zero-order valence-electron chi connectivity index (χ0n) is 11.1. The Morgan fingerprint density at radius 2 is 1.85 bits per heavy atom. The molecule has 0 saturated heterocycles. The van der Waals surface area contributed by atoms with E-state index in [2.05, 4.69) is 0 Å². The summed E-state index contributed by atoms with van der Waals surface area (Å²) in [6, 6.07) is 4.47. The lowest BCUT2D eigenvalue weighted by Crippen LogP contribution is -2.34. The van der Waals surface area contributed by atoms with Crippen LogP contribution in [0.25, 0.3) is 0 Å². The maximum Gasteiger partial charge on any atom is 0.182 e. The highest BCUT2D eigenvalue weighted by Gasteiger charge is 2.37. The summed E-state index contributed by atoms with van der Waals surface area (Å²) in [5, 5.41) is -0.856. The Hall–Kier alpha value is -0.580. The zero-order valence-corrected chi connectivity index (χ0v) is 13.4. The van der Waals surface area contributed by atoms with Crippen molar-refractivity contribution in [3.63, 3.8) is 0 Å². The van der Waals surface area contributed by atoms with E-state index in [-0.39, 0.29) is 10.6 Å². The van der Waals surface area contributed by atoms with Crippen molar-refractivity contribution in [1.29, 1.82) is 0 Å². The number of ketones is 1. The van der Waals surface area contributed by atoms with E-state index in [1.54, 1.807) is 0 Å². The van der Waals surface area contributed by atoms with Crippen LogP contribution >= 0.6 is 23.2 Å². The fourth-order valence-corrected chi connectivity index (χ4v) is 5.06. The molecule has 1 fully saturated rings. The summed E-state index contributed by atoms with van der Waals surface area (Å²) in [6.07, 6.45) is 3.11. The van der Waals surface area contributed by atoms with Gasteiger partial charge in [-0.2, -0.15) is 0 Å². The third kappa shape index (κ3) is 3.02. The van der Waals surface area contributed by atoms with Gasteiger partial charge >= 0.3 is 0 Å². The van der Waals surface area contributed by atoms with Crippen LogP contribution in [0, 0.1) is 0 Å². The average Bonchev–Trinajstić information content (AvgIpc) is 2.91. The summed E-state index contributed by atoms with van der Waals surface area (Å²) < 4.78 is 24.9. The predicted octanol–water partition coefficient (Wildman–Crippen LogP) is 3.92. The van der Waals surface area contributed by atoms with Crippen molar-refractivity contribution in [2.24, 2.45) is 0 Å². The average molecular weight is 335 g/mol. The number of sulfone groups is 1. The van der Waals surface area contributed by atoms with Gasteiger partial charge in [0.05, 0.1) is 10.3 Å². The molecule has 0 aromatic heterocycles. The number of Topliss-reactive ketones (excluding diaryl/α,β-unsaturated/α-hetero) is 1. The molecule has 1 aliphatic rings. The molecule has 2 rings (SSSR count). The van der Waals surface area contributed by atoms with Crippen LogP contribution in [0.2, 0.25) is 10.0 Å². The standard InChI is InChI=1S/C14H16Cl2O3S/c1-9(20(18,19)11-4-2-3-5-11)14(17)12-7-6-10(15)8-13(12)16/h6-9,11H,2-5H2,1H3. The molecule has 1 aliphatic carbocycles. The highest BCUT2D eigenvalue weighted by molar-refractivity contribution is 7.93. The summed E-state index contributed by atoms with van der Waals surface area (Å²) in [6.45, 7) is 1.45. The number of hydrogen-bond acceptors (Lipinski definition) is 3. The van der Waals surface area contributed by atoms with Gasteiger partial charge in [0.15, 0.2) is 15.6 Å². The minimum absolute atomic E-state index is 0.191. The molecule has 0 amide bonds. The Morgan fingerprint density at radius 1 is 1.25 bits per heavy atom. The fourth-order valence-electron chi connectivity index (χ4n) is 2.56. The normalized spacial score (nSPS) is 18.1. The van der Waals surface area contributed by atoms with Gasteiger partial charge in [0.1, 0.15) is 5.25 Å². The number of carbonyl (C=O) groups excluding carboxylic acids is 1. The van der Waals surface area contributed by atoms with Crippen molar-refractivity contribution in [1.82, 2.24) is 0 Å². The van der Waals surface area contributed by atoms with Gasteiger partial charge in [-0.3, -0.25) is 4.79 Å². The molecule has 6 heteroatoms. The molecule has 3 nitrogen and oxygen atoms in total. The first kappa shape index (κ1) is 15.8. The highest BCUT2D eigenvalue weighted by atomic mass is 35.5. The van der Waals surface area contributed by atoms with Gasteiger partial charge in [-0.1, -0.05) is 36.0 Å². The van der Waals surface area contributed by atoms with Crippen molar-refractivity contribution >= 4 is 38.8 Å². The minimum atomic E-state index is -3.45. The second-order valence-corrected chi connectivity index (χ2v) is 8.52. The van der Waals surface area contributed by atoms with Crippen molar-refractivity contribution in [3.05, 3.63) is 33.8 Å². The lowest BCUT2D eigenvalue weighted by atomic mass is 10.1. The largest absolute Gasteiger partial charge is 0.293 e. The SMILES string of the molecule is CC(C(=O)c1ccc(Cl)cc1Cl)S(=O)(=O)C1CCCC1. The van der Waals surface area contributed by atoms with Gasteiger partial charge in [-0.25, -0.2) is 8.42 Å². The van der Waals surface area contributed by atoms with Crippen molar-refractivity contribution < 1.29 is 13.2 Å². The maximum absolute atomic E-state index is 12.4. The predicted molar refractivity (Wildman–Crippen MR) is 81.4 cm³/mol. The Kier molecular flexibility index (Phi) is 4.77. The van der Waals surface area contributed by atoms with E-state index in [1.807, 2.05) is 0 Å². The molecule has 1 aromatic carbocycles. The van der Waals surface area contributed by atoms with Gasteiger partial charge in [0.25, 0.3) is 0 Å². The van der Waals surface area contributed by atoms with Crippen molar-refractivity contribution in [2.75, 3.05) is 0 Å². The molecule has 0 heterocycles. The van der Waals surface area contributed by atoms with Crippen LogP contribution in [0.15, 0.2) is 18.2 Å². The van der Waals surface area contributed by atoms with Crippen LogP contribution in [0.5, 0.6) is 0 Å². The molecule has 0 radical (unpaired) electrons. The molecular weight excluding hydrogens is 319 g/mol. The zero-order chi connectivity index (χ0) is 14.9. The minimum Gasteiger partial charge on any atom is -0.293 e. The Bertz CT molecular complexity index is 619. The quantitative estimate of drug-likeness (QED) is 0.784. The van der Waals surface area contributed by atoms with Crippen LogP contribution < -0.4 is 0 Å². The second-order valence-electron chi connectivity index (χ2n) is 5.13. The van der Waals surface area contributed by atoms with E-state index in [0.29, 0.717) is 17.9 Å². The van der Waals surface area contributed by atoms with Gasteiger partial charge in [0.2, 0.25) is 0 Å². The first-order chi connectivity index (χ1) is 9.34. The second kappa shape index (κ2) is 6.04. The number of halogens is 2. The third-order valence-corrected chi connectivity index (χ3v) is 6.97. The monoisotopic (exact) mass is 334 g/mol. The molecular formula is C14H16Cl2O3S. The maximum atomic E-state index is 12.4. The number of rotatable bonds is 4. The van der Waals surface area contributed by atoms with E-state index < -0.39 is 26.1 Å². The van der Waals surface area contributed by atoms with E-state index >= 15 is 0 Å². The summed E-state index contributed by atoms with van der Waals surface area (Å²) in [4.78, 5) is 12.4. The van der Waals surface area contributed by atoms with Crippen LogP contribution in [0.4, 0.5) is 0 Å². The lowest BCUT2D eigenvalue weighted by Gasteiger charge is -2.17. The lowest BCUT2D eigenvalue weighted by molar-refractivity contribution is 0.0991. The van der Waals surface area contributed by atoms with Crippen LogP contribution in [-0.4, -0.2) is 24.7 Å². The van der Waals surface area contributed by atoms with E-state index in [4.69, 9.17) is 23.2 Å². The summed E-state index contributed by atoms with van der Waals surface area (Å²) in [7, 11) is -3.45. The van der Waals surface area contributed by atoms with Crippen LogP contribution in [0.1, 0.15) is 43.0 Å². The number of hydrogen-bond donors (Lipinski definition) is 0. The number of benzene rings is 1.